The van der Waals surface area contributed by atoms with Gasteiger partial charge >= 0.3 is 0 Å². The maximum absolute atomic E-state index is 10.1. The Labute approximate surface area is 72.8 Å². The van der Waals surface area contributed by atoms with Crippen LogP contribution >= 0.6 is 0 Å². The highest BCUT2D eigenvalue weighted by Crippen LogP contribution is 2.18. The number of hydrogen-bond acceptors (Lipinski definition) is 1. The predicted molar refractivity (Wildman–Crippen MR) is 46.7 cm³/mol. The number of ether oxygens (including phenoxy) is 1. The van der Waals surface area contributed by atoms with Crippen LogP contribution in [0.2, 0.25) is 0 Å². The molecule has 0 aromatic heterocycles. The molecular weight excluding hydrogens is 152 g/mol. The van der Waals surface area contributed by atoms with Crippen molar-refractivity contribution in [1.29, 1.82) is 0 Å². The third kappa shape index (κ3) is 2.24. The fourth-order valence-corrected chi connectivity index (χ4v) is 1.02. The van der Waals surface area contributed by atoms with Gasteiger partial charge in [-0.05, 0) is 23.6 Å². The summed E-state index contributed by atoms with van der Waals surface area (Å²) in [5.41, 5.74) is 1.26. The lowest BCUT2D eigenvalue weighted by Gasteiger charge is -2.06. The van der Waals surface area contributed by atoms with Gasteiger partial charge in [-0.15, -0.1) is 0 Å². The molecule has 0 atom stereocenters. The van der Waals surface area contributed by atoms with Crippen LogP contribution in [-0.4, -0.2) is 6.79 Å². The van der Waals surface area contributed by atoms with Crippen molar-refractivity contribution in [2.75, 3.05) is 6.79 Å². The third-order valence-corrected chi connectivity index (χ3v) is 1.77. The van der Waals surface area contributed by atoms with Gasteiger partial charge in [-0.3, -0.25) is 0 Å². The Balaban J connectivity index is 2.71. The minimum absolute atomic E-state index is 0.513. The summed E-state index contributed by atoms with van der Waals surface area (Å²) in [5.74, 6) is 1.17. The van der Waals surface area contributed by atoms with Crippen LogP contribution in [0.1, 0.15) is 25.3 Å². The summed E-state index contributed by atoms with van der Waals surface area (Å²) in [6, 6.07) is 7.62. The zero-order valence-corrected chi connectivity index (χ0v) is 7.41. The monoisotopic (exact) mass is 165 g/mol. The Kier molecular flexibility index (Phi) is 3.11. The summed E-state index contributed by atoms with van der Waals surface area (Å²) in [6.07, 6.45) is 0. The SMILES string of the molecule is CC(C)c1ccc(OC[O])cc1. The highest BCUT2D eigenvalue weighted by molar-refractivity contribution is 5.28. The standard InChI is InChI=1S/C10H13O2/c1-8(2)9-3-5-10(6-4-9)12-7-11/h3-6,8H,7H2,1-2H3. The van der Waals surface area contributed by atoms with Crippen molar-refractivity contribution in [2.45, 2.75) is 19.8 Å². The average molecular weight is 165 g/mol. The number of benzene rings is 1. The second-order valence-electron chi connectivity index (χ2n) is 2.99. The topological polar surface area (TPSA) is 29.1 Å². The van der Waals surface area contributed by atoms with Crippen LogP contribution < -0.4 is 4.74 Å². The molecule has 0 fully saturated rings. The third-order valence-electron chi connectivity index (χ3n) is 1.77. The first kappa shape index (κ1) is 9.07. The molecule has 12 heavy (non-hydrogen) atoms. The molecule has 0 heterocycles. The highest BCUT2D eigenvalue weighted by atomic mass is 16.6. The Morgan fingerprint density at radius 2 is 1.83 bits per heavy atom. The molecule has 0 bridgehead atoms. The van der Waals surface area contributed by atoms with Crippen LogP contribution in [0.15, 0.2) is 24.3 Å². The van der Waals surface area contributed by atoms with Crippen molar-refractivity contribution in [3.8, 4) is 5.75 Å². The molecule has 1 rings (SSSR count). The second-order valence-corrected chi connectivity index (χ2v) is 2.99. The zero-order valence-electron chi connectivity index (χ0n) is 7.41. The molecule has 0 N–H and O–H groups in total. The lowest BCUT2D eigenvalue weighted by Crippen LogP contribution is -1.93. The Bertz CT molecular complexity index is 226. The molecule has 0 spiro atoms. The summed E-state index contributed by atoms with van der Waals surface area (Å²) >= 11 is 0. The molecule has 0 aliphatic carbocycles. The van der Waals surface area contributed by atoms with Crippen molar-refractivity contribution in [3.63, 3.8) is 0 Å². The Morgan fingerprint density at radius 3 is 2.25 bits per heavy atom. The molecule has 1 aromatic carbocycles. The van der Waals surface area contributed by atoms with Gasteiger partial charge in [0, 0.05) is 0 Å². The molecule has 0 aliphatic rings. The van der Waals surface area contributed by atoms with E-state index in [2.05, 4.69) is 13.8 Å². The van der Waals surface area contributed by atoms with Crippen LogP contribution in [0, 0.1) is 0 Å². The lowest BCUT2D eigenvalue weighted by molar-refractivity contribution is 0.0376. The summed E-state index contributed by atoms with van der Waals surface area (Å²) in [6.45, 7) is 3.74. The van der Waals surface area contributed by atoms with E-state index in [4.69, 9.17) is 4.74 Å². The minimum atomic E-state index is -0.513. The Morgan fingerprint density at radius 1 is 1.25 bits per heavy atom. The molecular formula is C10H13O2. The number of rotatable bonds is 3. The smallest absolute Gasteiger partial charge is 0.221 e. The first-order chi connectivity index (χ1) is 5.74. The van der Waals surface area contributed by atoms with Crippen LogP contribution in [0.3, 0.4) is 0 Å². The van der Waals surface area contributed by atoms with Crippen molar-refractivity contribution in [2.24, 2.45) is 0 Å². The zero-order chi connectivity index (χ0) is 8.97. The maximum atomic E-state index is 10.1. The molecule has 1 radical (unpaired) electrons. The van der Waals surface area contributed by atoms with Gasteiger partial charge < -0.3 is 4.74 Å². The molecule has 2 heteroatoms. The molecule has 1 aromatic rings. The van der Waals surface area contributed by atoms with E-state index in [-0.39, 0.29) is 0 Å². The second kappa shape index (κ2) is 4.12. The Hall–Kier alpha value is -1.02. The molecule has 2 nitrogen and oxygen atoms in total. The van der Waals surface area contributed by atoms with Crippen molar-refractivity contribution in [1.82, 2.24) is 0 Å². The summed E-state index contributed by atoms with van der Waals surface area (Å²) in [7, 11) is 0. The minimum Gasteiger partial charge on any atom is -0.465 e. The van der Waals surface area contributed by atoms with E-state index < -0.39 is 6.79 Å². The van der Waals surface area contributed by atoms with Gasteiger partial charge in [-0.1, -0.05) is 26.0 Å². The van der Waals surface area contributed by atoms with E-state index in [0.29, 0.717) is 11.7 Å². The fourth-order valence-electron chi connectivity index (χ4n) is 1.02. The first-order valence-corrected chi connectivity index (χ1v) is 4.05. The van der Waals surface area contributed by atoms with Gasteiger partial charge in [0.25, 0.3) is 0 Å². The summed E-state index contributed by atoms with van der Waals surface area (Å²) < 4.78 is 4.79. The van der Waals surface area contributed by atoms with E-state index in [1.807, 2.05) is 24.3 Å². The van der Waals surface area contributed by atoms with E-state index in [1.165, 1.54) is 5.56 Å². The van der Waals surface area contributed by atoms with Crippen molar-refractivity contribution < 1.29 is 9.84 Å². The van der Waals surface area contributed by atoms with Gasteiger partial charge in [0.05, 0.1) is 0 Å². The van der Waals surface area contributed by atoms with E-state index >= 15 is 0 Å². The van der Waals surface area contributed by atoms with Gasteiger partial charge in [-0.25, -0.2) is 0 Å². The van der Waals surface area contributed by atoms with Crippen molar-refractivity contribution >= 4 is 0 Å². The molecule has 65 valence electrons. The van der Waals surface area contributed by atoms with Crippen molar-refractivity contribution in [3.05, 3.63) is 29.8 Å². The van der Waals surface area contributed by atoms with Gasteiger partial charge in [0.2, 0.25) is 6.79 Å². The quantitative estimate of drug-likeness (QED) is 0.633. The highest BCUT2D eigenvalue weighted by Gasteiger charge is 1.98. The lowest BCUT2D eigenvalue weighted by atomic mass is 10.0. The average Bonchev–Trinajstić information content (AvgIpc) is 2.06. The maximum Gasteiger partial charge on any atom is 0.221 e. The summed E-state index contributed by atoms with van der Waals surface area (Å²) in [4.78, 5) is 0. The molecule has 0 saturated heterocycles. The normalized spacial score (nSPS) is 10.3. The van der Waals surface area contributed by atoms with E-state index in [1.54, 1.807) is 0 Å². The summed E-state index contributed by atoms with van der Waals surface area (Å²) in [5, 5.41) is 10.1. The molecule has 0 aliphatic heterocycles. The largest absolute Gasteiger partial charge is 0.465 e. The van der Waals surface area contributed by atoms with E-state index in [9.17, 15) is 5.11 Å². The van der Waals surface area contributed by atoms with Crippen LogP contribution in [0.4, 0.5) is 0 Å². The molecule has 0 amide bonds. The predicted octanol–water partition coefficient (Wildman–Crippen LogP) is 2.58. The van der Waals surface area contributed by atoms with Crippen LogP contribution in [0.5, 0.6) is 5.75 Å². The van der Waals surface area contributed by atoms with Crippen LogP contribution in [-0.2, 0) is 5.11 Å². The molecule has 0 saturated carbocycles. The van der Waals surface area contributed by atoms with Gasteiger partial charge in [0.1, 0.15) is 5.75 Å². The molecule has 0 unspecified atom stereocenters. The van der Waals surface area contributed by atoms with E-state index in [0.717, 1.165) is 0 Å². The van der Waals surface area contributed by atoms with Gasteiger partial charge in [0.15, 0.2) is 0 Å². The number of hydrogen-bond donors (Lipinski definition) is 0. The van der Waals surface area contributed by atoms with Gasteiger partial charge in [-0.2, -0.15) is 5.11 Å². The fraction of sp³-hybridized carbons (Fsp3) is 0.400. The van der Waals surface area contributed by atoms with Crippen LogP contribution in [0.25, 0.3) is 0 Å². The first-order valence-electron chi connectivity index (χ1n) is 4.05.